The maximum Gasteiger partial charge on any atom is 0.241 e. The van der Waals surface area contributed by atoms with Crippen LogP contribution in [0.15, 0.2) is 17.0 Å². The van der Waals surface area contributed by atoms with Gasteiger partial charge in [-0.15, -0.1) is 0 Å². The summed E-state index contributed by atoms with van der Waals surface area (Å²) < 4.78 is 40.7. The van der Waals surface area contributed by atoms with Crippen LogP contribution in [0.3, 0.4) is 0 Å². The lowest BCUT2D eigenvalue weighted by molar-refractivity contribution is 0.354. The van der Waals surface area contributed by atoms with Crippen LogP contribution in [0.4, 0.5) is 4.39 Å². The molecule has 0 aliphatic carbocycles. The Morgan fingerprint density at radius 2 is 1.81 bits per heavy atom. The van der Waals surface area contributed by atoms with Crippen molar-refractivity contribution in [3.05, 3.63) is 29.1 Å². The van der Waals surface area contributed by atoms with Gasteiger partial charge in [0.1, 0.15) is 5.82 Å². The van der Waals surface area contributed by atoms with Crippen LogP contribution in [-0.2, 0) is 10.0 Å². The highest BCUT2D eigenvalue weighted by Crippen LogP contribution is 2.21. The number of hydrogen-bond acceptors (Lipinski definition) is 3. The van der Waals surface area contributed by atoms with Crippen LogP contribution >= 0.6 is 0 Å². The molecular formula is C15H23FN2O2S. The van der Waals surface area contributed by atoms with Crippen molar-refractivity contribution < 1.29 is 12.8 Å². The number of sulfonamides is 1. The molecule has 0 aromatic heterocycles. The summed E-state index contributed by atoms with van der Waals surface area (Å²) in [5, 5.41) is 3.29. The number of benzene rings is 1. The molecule has 0 radical (unpaired) electrons. The highest BCUT2D eigenvalue weighted by molar-refractivity contribution is 7.89. The molecular weight excluding hydrogens is 291 g/mol. The number of rotatable bonds is 5. The Morgan fingerprint density at radius 1 is 1.24 bits per heavy atom. The highest BCUT2D eigenvalue weighted by Gasteiger charge is 2.21. The zero-order valence-electron chi connectivity index (χ0n) is 12.6. The molecule has 1 saturated heterocycles. The van der Waals surface area contributed by atoms with Crippen molar-refractivity contribution in [3.63, 3.8) is 0 Å². The normalized spacial score (nSPS) is 17.1. The molecule has 21 heavy (non-hydrogen) atoms. The van der Waals surface area contributed by atoms with E-state index in [1.165, 1.54) is 12.1 Å². The SMILES string of the molecule is Cc1cc(F)cc(C)c1S(=O)(=O)NCCC1CCNCC1. The average Bonchev–Trinajstić information content (AvgIpc) is 2.38. The quantitative estimate of drug-likeness (QED) is 0.875. The Morgan fingerprint density at radius 3 is 2.38 bits per heavy atom. The topological polar surface area (TPSA) is 58.2 Å². The maximum atomic E-state index is 13.3. The first-order chi connectivity index (χ1) is 9.90. The second-order valence-corrected chi connectivity index (χ2v) is 7.45. The minimum absolute atomic E-state index is 0.203. The molecule has 1 aliphatic heterocycles. The zero-order chi connectivity index (χ0) is 15.5. The summed E-state index contributed by atoms with van der Waals surface area (Å²) in [6.45, 7) is 5.69. The second kappa shape index (κ2) is 6.85. The Kier molecular flexibility index (Phi) is 5.35. The van der Waals surface area contributed by atoms with Gasteiger partial charge in [-0.3, -0.25) is 0 Å². The van der Waals surface area contributed by atoms with Gasteiger partial charge < -0.3 is 5.32 Å². The van der Waals surface area contributed by atoms with E-state index >= 15 is 0 Å². The van der Waals surface area contributed by atoms with Crippen LogP contribution in [0.5, 0.6) is 0 Å². The largest absolute Gasteiger partial charge is 0.317 e. The first-order valence-electron chi connectivity index (χ1n) is 7.37. The van der Waals surface area contributed by atoms with E-state index in [2.05, 4.69) is 10.0 Å². The van der Waals surface area contributed by atoms with Crippen molar-refractivity contribution >= 4 is 10.0 Å². The minimum atomic E-state index is -3.57. The van der Waals surface area contributed by atoms with Gasteiger partial charge in [0.15, 0.2) is 0 Å². The molecule has 2 N–H and O–H groups in total. The number of piperidine rings is 1. The van der Waals surface area contributed by atoms with Gasteiger partial charge in [-0.25, -0.2) is 17.5 Å². The molecule has 4 nitrogen and oxygen atoms in total. The lowest BCUT2D eigenvalue weighted by Gasteiger charge is -2.22. The molecule has 0 amide bonds. The fourth-order valence-electron chi connectivity index (χ4n) is 2.96. The Balaban J connectivity index is 2.01. The van der Waals surface area contributed by atoms with Gasteiger partial charge in [0.05, 0.1) is 4.90 Å². The number of halogens is 1. The summed E-state index contributed by atoms with van der Waals surface area (Å²) in [6, 6.07) is 2.52. The molecule has 1 aliphatic rings. The van der Waals surface area contributed by atoms with Crippen LogP contribution < -0.4 is 10.0 Å². The second-order valence-electron chi connectivity index (χ2n) is 5.75. The van der Waals surface area contributed by atoms with Gasteiger partial charge in [-0.05, 0) is 75.4 Å². The highest BCUT2D eigenvalue weighted by atomic mass is 32.2. The van der Waals surface area contributed by atoms with Gasteiger partial charge in [0.2, 0.25) is 10.0 Å². The molecule has 0 unspecified atom stereocenters. The summed E-state index contributed by atoms with van der Waals surface area (Å²) in [5.41, 5.74) is 0.892. The van der Waals surface area contributed by atoms with Crippen molar-refractivity contribution in [1.29, 1.82) is 0 Å². The molecule has 0 spiro atoms. The summed E-state index contributed by atoms with van der Waals surface area (Å²) >= 11 is 0. The first-order valence-corrected chi connectivity index (χ1v) is 8.85. The number of nitrogens with one attached hydrogen (secondary N) is 2. The standard InChI is InChI=1S/C15H23FN2O2S/c1-11-9-14(16)10-12(2)15(11)21(19,20)18-8-5-13-3-6-17-7-4-13/h9-10,13,17-18H,3-8H2,1-2H3. The van der Waals surface area contributed by atoms with Crippen molar-refractivity contribution in [1.82, 2.24) is 10.0 Å². The Labute approximate surface area is 126 Å². The van der Waals surface area contributed by atoms with Crippen molar-refractivity contribution in [2.75, 3.05) is 19.6 Å². The Bertz CT molecular complexity index is 573. The smallest absolute Gasteiger partial charge is 0.241 e. The molecule has 0 atom stereocenters. The molecule has 118 valence electrons. The first kappa shape index (κ1) is 16.4. The lowest BCUT2D eigenvalue weighted by atomic mass is 9.95. The fourth-order valence-corrected chi connectivity index (χ4v) is 4.46. The lowest BCUT2D eigenvalue weighted by Crippen LogP contribution is -2.31. The van der Waals surface area contributed by atoms with Gasteiger partial charge in [-0.2, -0.15) is 0 Å². The van der Waals surface area contributed by atoms with Crippen LogP contribution in [0.1, 0.15) is 30.4 Å². The third-order valence-corrected chi connectivity index (χ3v) is 5.76. The van der Waals surface area contributed by atoms with Crippen LogP contribution in [0, 0.1) is 25.6 Å². The monoisotopic (exact) mass is 314 g/mol. The van der Waals surface area contributed by atoms with Gasteiger partial charge in [-0.1, -0.05) is 0 Å². The van der Waals surface area contributed by atoms with Crippen molar-refractivity contribution in [2.45, 2.75) is 38.0 Å². The summed E-state index contributed by atoms with van der Waals surface area (Å²) in [7, 11) is -3.57. The molecule has 0 bridgehead atoms. The molecule has 1 heterocycles. The van der Waals surface area contributed by atoms with E-state index in [1.54, 1.807) is 13.8 Å². The molecule has 1 fully saturated rings. The van der Waals surface area contributed by atoms with E-state index in [-0.39, 0.29) is 4.90 Å². The zero-order valence-corrected chi connectivity index (χ0v) is 13.4. The van der Waals surface area contributed by atoms with Crippen LogP contribution in [0.2, 0.25) is 0 Å². The van der Waals surface area contributed by atoms with E-state index in [1.807, 2.05) is 0 Å². The molecule has 1 aromatic rings. The molecule has 2 rings (SSSR count). The molecule has 1 aromatic carbocycles. The van der Waals surface area contributed by atoms with Gasteiger partial charge in [0, 0.05) is 6.54 Å². The van der Waals surface area contributed by atoms with Crippen LogP contribution in [-0.4, -0.2) is 28.1 Å². The third kappa shape index (κ3) is 4.25. The summed E-state index contributed by atoms with van der Waals surface area (Å²) in [4.78, 5) is 0.203. The number of aryl methyl sites for hydroxylation is 2. The minimum Gasteiger partial charge on any atom is -0.317 e. The summed E-state index contributed by atoms with van der Waals surface area (Å²) in [5.74, 6) is 0.169. The van der Waals surface area contributed by atoms with Crippen LogP contribution in [0.25, 0.3) is 0 Å². The van der Waals surface area contributed by atoms with E-state index < -0.39 is 15.8 Å². The predicted octanol–water partition coefficient (Wildman–Crippen LogP) is 2.11. The van der Waals surface area contributed by atoms with Gasteiger partial charge >= 0.3 is 0 Å². The average molecular weight is 314 g/mol. The van der Waals surface area contributed by atoms with E-state index in [9.17, 15) is 12.8 Å². The predicted molar refractivity (Wildman–Crippen MR) is 81.3 cm³/mol. The van der Waals surface area contributed by atoms with E-state index in [4.69, 9.17) is 0 Å². The molecule has 0 saturated carbocycles. The third-order valence-electron chi connectivity index (χ3n) is 4.00. The van der Waals surface area contributed by atoms with Gasteiger partial charge in [0.25, 0.3) is 0 Å². The maximum absolute atomic E-state index is 13.3. The fraction of sp³-hybridized carbons (Fsp3) is 0.600. The summed E-state index contributed by atoms with van der Waals surface area (Å²) in [6.07, 6.45) is 3.03. The molecule has 6 heteroatoms. The van der Waals surface area contributed by atoms with Crippen molar-refractivity contribution in [2.24, 2.45) is 5.92 Å². The Hall–Kier alpha value is -0.980. The van der Waals surface area contributed by atoms with E-state index in [0.29, 0.717) is 23.6 Å². The van der Waals surface area contributed by atoms with E-state index in [0.717, 1.165) is 32.4 Å². The number of hydrogen-bond donors (Lipinski definition) is 2. The van der Waals surface area contributed by atoms with Crippen molar-refractivity contribution in [3.8, 4) is 0 Å².